The summed E-state index contributed by atoms with van der Waals surface area (Å²) in [5, 5.41) is 0. The van der Waals surface area contributed by atoms with Crippen LogP contribution < -0.4 is 19.9 Å². The fraction of sp³-hybridized carbons (Fsp3) is 0.520. The van der Waals surface area contributed by atoms with Gasteiger partial charge in [0.25, 0.3) is 5.56 Å². The molecule has 0 atom stereocenters. The Kier molecular flexibility index (Phi) is 6.62. The number of anilines is 1. The van der Waals surface area contributed by atoms with Crippen molar-refractivity contribution in [2.45, 2.75) is 38.2 Å². The van der Waals surface area contributed by atoms with Gasteiger partial charge in [-0.1, -0.05) is 0 Å². The maximum absolute atomic E-state index is 12.3. The molecule has 1 aromatic carbocycles. The van der Waals surface area contributed by atoms with Crippen molar-refractivity contribution in [1.29, 1.82) is 0 Å². The van der Waals surface area contributed by atoms with Gasteiger partial charge in [-0.3, -0.25) is 4.79 Å². The number of aromatic nitrogens is 4. The summed E-state index contributed by atoms with van der Waals surface area (Å²) >= 11 is 0. The molecule has 1 saturated heterocycles. The Labute approximate surface area is 198 Å². The normalized spacial score (nSPS) is 20.9. The molecule has 0 N–H and O–H groups in total. The second kappa shape index (κ2) is 9.97. The van der Waals surface area contributed by atoms with Crippen molar-refractivity contribution >= 4 is 16.7 Å². The zero-order valence-electron chi connectivity index (χ0n) is 19.8. The average molecular weight is 466 g/mol. The van der Waals surface area contributed by atoms with Crippen molar-refractivity contribution in [2.24, 2.45) is 13.0 Å². The van der Waals surface area contributed by atoms with Gasteiger partial charge in [0.1, 0.15) is 17.1 Å². The molecule has 2 fully saturated rings. The minimum absolute atomic E-state index is 0.103. The molecule has 1 aliphatic carbocycles. The summed E-state index contributed by atoms with van der Waals surface area (Å²) in [7, 11) is 3.40. The maximum atomic E-state index is 12.3. The number of aryl methyl sites for hydroxylation is 1. The third-order valence-electron chi connectivity index (χ3n) is 6.87. The zero-order chi connectivity index (χ0) is 23.5. The minimum Gasteiger partial charge on any atom is -0.494 e. The quantitative estimate of drug-likeness (QED) is 0.549. The molecule has 1 aliphatic heterocycles. The molecule has 2 aliphatic rings. The van der Waals surface area contributed by atoms with Crippen LogP contribution in [0.15, 0.2) is 35.5 Å². The average Bonchev–Trinajstić information content (AvgIpc) is 2.88. The van der Waals surface area contributed by atoms with Gasteiger partial charge in [-0.2, -0.15) is 0 Å². The first kappa shape index (κ1) is 22.6. The van der Waals surface area contributed by atoms with Crippen LogP contribution in [0.3, 0.4) is 0 Å². The van der Waals surface area contributed by atoms with E-state index in [0.717, 1.165) is 73.5 Å². The SMILES string of the molecule is COc1cnc(CC2CCC(Oc3cc(N4CCOCC4)cc4ncc(=O)n(C)c34)CC2)nc1. The summed E-state index contributed by atoms with van der Waals surface area (Å²) < 4.78 is 18.8. The van der Waals surface area contributed by atoms with E-state index < -0.39 is 0 Å². The van der Waals surface area contributed by atoms with Gasteiger partial charge in [0.15, 0.2) is 5.75 Å². The van der Waals surface area contributed by atoms with Crippen molar-refractivity contribution in [1.82, 2.24) is 19.5 Å². The van der Waals surface area contributed by atoms with Crippen LogP contribution in [0.2, 0.25) is 0 Å². The highest BCUT2D eigenvalue weighted by Crippen LogP contribution is 2.35. The van der Waals surface area contributed by atoms with Crippen molar-refractivity contribution in [3.63, 3.8) is 0 Å². The van der Waals surface area contributed by atoms with Crippen LogP contribution in [0, 0.1) is 5.92 Å². The van der Waals surface area contributed by atoms with Gasteiger partial charge >= 0.3 is 0 Å². The lowest BCUT2D eigenvalue weighted by Crippen LogP contribution is -2.36. The highest BCUT2D eigenvalue weighted by Gasteiger charge is 2.25. The molecule has 180 valence electrons. The summed E-state index contributed by atoms with van der Waals surface area (Å²) in [6.45, 7) is 3.07. The smallest absolute Gasteiger partial charge is 0.269 e. The Morgan fingerprint density at radius 3 is 2.47 bits per heavy atom. The van der Waals surface area contributed by atoms with Crippen molar-refractivity contribution in [2.75, 3.05) is 38.3 Å². The number of benzene rings is 1. The number of hydrogen-bond donors (Lipinski definition) is 0. The second-order valence-corrected chi connectivity index (χ2v) is 9.07. The number of fused-ring (bicyclic) bond motifs is 1. The van der Waals surface area contributed by atoms with Crippen molar-refractivity contribution in [3.05, 3.63) is 46.9 Å². The van der Waals surface area contributed by atoms with Gasteiger partial charge in [0.05, 0.1) is 50.5 Å². The molecule has 9 heteroatoms. The minimum atomic E-state index is -0.139. The van der Waals surface area contributed by atoms with Crippen LogP contribution in [0.4, 0.5) is 5.69 Å². The predicted octanol–water partition coefficient (Wildman–Crippen LogP) is 2.75. The van der Waals surface area contributed by atoms with Crippen LogP contribution in [0.25, 0.3) is 11.0 Å². The van der Waals surface area contributed by atoms with E-state index in [1.165, 1.54) is 6.20 Å². The van der Waals surface area contributed by atoms with Gasteiger partial charge in [-0.15, -0.1) is 0 Å². The Bertz CT molecular complexity index is 1180. The highest BCUT2D eigenvalue weighted by atomic mass is 16.5. The largest absolute Gasteiger partial charge is 0.494 e. The monoisotopic (exact) mass is 465 g/mol. The first-order valence-electron chi connectivity index (χ1n) is 11.9. The molecule has 34 heavy (non-hydrogen) atoms. The number of morpholine rings is 1. The third-order valence-corrected chi connectivity index (χ3v) is 6.87. The van der Waals surface area contributed by atoms with Gasteiger partial charge < -0.3 is 23.7 Å². The number of hydrogen-bond acceptors (Lipinski definition) is 8. The van der Waals surface area contributed by atoms with Gasteiger partial charge in [-0.25, -0.2) is 15.0 Å². The summed E-state index contributed by atoms with van der Waals surface area (Å²) in [4.78, 5) is 27.9. The molecule has 5 rings (SSSR count). The highest BCUT2D eigenvalue weighted by molar-refractivity contribution is 5.85. The zero-order valence-corrected chi connectivity index (χ0v) is 19.8. The van der Waals surface area contributed by atoms with Gasteiger partial charge in [-0.05, 0) is 37.7 Å². The molecule has 2 aromatic heterocycles. The summed E-state index contributed by atoms with van der Waals surface area (Å²) in [5.74, 6) is 2.80. The molecule has 0 amide bonds. The molecule has 1 saturated carbocycles. The van der Waals surface area contributed by atoms with E-state index in [1.807, 2.05) is 6.07 Å². The fourth-order valence-corrected chi connectivity index (χ4v) is 4.88. The Hall–Kier alpha value is -3.20. The molecule has 3 aromatic rings. The predicted molar refractivity (Wildman–Crippen MR) is 129 cm³/mol. The fourth-order valence-electron chi connectivity index (χ4n) is 4.88. The van der Waals surface area contributed by atoms with Gasteiger partial charge in [0.2, 0.25) is 0 Å². The molecule has 0 spiro atoms. The van der Waals surface area contributed by atoms with Crippen LogP contribution in [0.5, 0.6) is 11.5 Å². The number of nitrogens with zero attached hydrogens (tertiary/aromatic N) is 5. The molecule has 0 bridgehead atoms. The lowest BCUT2D eigenvalue weighted by Gasteiger charge is -2.31. The van der Waals surface area contributed by atoms with E-state index in [9.17, 15) is 4.79 Å². The van der Waals surface area contributed by atoms with Crippen LogP contribution in [0.1, 0.15) is 31.5 Å². The van der Waals surface area contributed by atoms with Gasteiger partial charge in [0, 0.05) is 38.3 Å². The molecule has 0 radical (unpaired) electrons. The maximum Gasteiger partial charge on any atom is 0.269 e. The first-order valence-corrected chi connectivity index (χ1v) is 11.9. The standard InChI is InChI=1S/C25H31N5O4/c1-29-24(31)16-26-21-12-18(30-7-9-33-10-8-30)13-22(25(21)29)34-19-5-3-17(4-6-19)11-23-27-14-20(32-2)15-28-23/h12-17,19H,3-11H2,1-2H3. The summed E-state index contributed by atoms with van der Waals surface area (Å²) in [5.41, 5.74) is 2.44. The topological polar surface area (TPSA) is 91.6 Å². The van der Waals surface area contributed by atoms with Crippen molar-refractivity contribution in [3.8, 4) is 11.5 Å². The van der Waals surface area contributed by atoms with Crippen molar-refractivity contribution < 1.29 is 14.2 Å². The van der Waals surface area contributed by atoms with Crippen LogP contribution >= 0.6 is 0 Å². The lowest BCUT2D eigenvalue weighted by molar-refractivity contribution is 0.122. The van der Waals surface area contributed by atoms with E-state index in [2.05, 4.69) is 25.9 Å². The molecule has 3 heterocycles. The van der Waals surface area contributed by atoms with E-state index in [1.54, 1.807) is 31.1 Å². The summed E-state index contributed by atoms with van der Waals surface area (Å²) in [6.07, 6.45) is 9.81. The molecular formula is C25H31N5O4. The molecule has 9 nitrogen and oxygen atoms in total. The third kappa shape index (κ3) is 4.84. The Morgan fingerprint density at radius 1 is 1.03 bits per heavy atom. The van der Waals surface area contributed by atoms with Crippen LogP contribution in [-0.2, 0) is 18.2 Å². The van der Waals surface area contributed by atoms with E-state index in [-0.39, 0.29) is 11.7 Å². The Balaban J connectivity index is 1.31. The Morgan fingerprint density at radius 2 is 1.76 bits per heavy atom. The number of methoxy groups -OCH3 is 1. The van der Waals surface area contributed by atoms with E-state index in [4.69, 9.17) is 14.2 Å². The first-order chi connectivity index (χ1) is 16.6. The van der Waals surface area contributed by atoms with E-state index >= 15 is 0 Å². The lowest BCUT2D eigenvalue weighted by atomic mass is 9.85. The second-order valence-electron chi connectivity index (χ2n) is 9.07. The molecule has 0 unspecified atom stereocenters. The summed E-state index contributed by atoms with van der Waals surface area (Å²) in [6, 6.07) is 4.10. The molecular weight excluding hydrogens is 434 g/mol. The number of ether oxygens (including phenoxy) is 3. The number of rotatable bonds is 6. The van der Waals surface area contributed by atoms with E-state index in [0.29, 0.717) is 24.9 Å². The van der Waals surface area contributed by atoms with Crippen LogP contribution in [-0.4, -0.2) is 59.0 Å².